The summed E-state index contributed by atoms with van der Waals surface area (Å²) >= 11 is 0. The first-order valence-electron chi connectivity index (χ1n) is 7.79. The van der Waals surface area contributed by atoms with Gasteiger partial charge in [-0.15, -0.1) is 6.58 Å². The van der Waals surface area contributed by atoms with E-state index in [0.29, 0.717) is 18.7 Å². The Labute approximate surface area is 149 Å². The van der Waals surface area contributed by atoms with E-state index in [-0.39, 0.29) is 18.1 Å². The molecule has 1 aromatic carbocycles. The zero-order valence-corrected chi connectivity index (χ0v) is 14.0. The first-order chi connectivity index (χ1) is 12.4. The Hall–Kier alpha value is -3.49. The summed E-state index contributed by atoms with van der Waals surface area (Å²) in [5.41, 5.74) is 0.428. The molecule has 0 saturated carbocycles. The monoisotopic (exact) mass is 358 g/mol. The molecular formula is C17H18N4O5. The van der Waals surface area contributed by atoms with Gasteiger partial charge in [0, 0.05) is 30.9 Å². The maximum atomic E-state index is 12.7. The number of anilines is 1. The molecule has 2 rings (SSSR count). The summed E-state index contributed by atoms with van der Waals surface area (Å²) in [4.78, 5) is 49.2. The number of urea groups is 1. The lowest BCUT2D eigenvalue weighted by atomic mass is 10.2. The molecule has 0 aromatic heterocycles. The summed E-state index contributed by atoms with van der Waals surface area (Å²) in [6.07, 6.45) is 2.78. The molecule has 4 amide bonds. The second-order valence-electron chi connectivity index (χ2n) is 5.51. The molecule has 1 saturated heterocycles. The number of nitro benzene ring substituents is 1. The van der Waals surface area contributed by atoms with E-state index in [9.17, 15) is 24.5 Å². The zero-order chi connectivity index (χ0) is 19.3. The molecule has 9 nitrogen and oxygen atoms in total. The van der Waals surface area contributed by atoms with Crippen LogP contribution in [0.15, 0.2) is 49.6 Å². The van der Waals surface area contributed by atoms with Crippen LogP contribution in [0.4, 0.5) is 16.2 Å². The van der Waals surface area contributed by atoms with Gasteiger partial charge in [0.2, 0.25) is 5.91 Å². The number of nitrogens with one attached hydrogen (secondary N) is 1. The van der Waals surface area contributed by atoms with Crippen molar-refractivity contribution in [3.8, 4) is 0 Å². The predicted molar refractivity (Wildman–Crippen MR) is 94.5 cm³/mol. The summed E-state index contributed by atoms with van der Waals surface area (Å²) in [6.45, 7) is 7.27. The molecule has 9 heteroatoms. The van der Waals surface area contributed by atoms with E-state index in [2.05, 4.69) is 18.5 Å². The molecule has 1 aliphatic rings. The van der Waals surface area contributed by atoms with Crippen LogP contribution in [0.25, 0.3) is 0 Å². The quantitative estimate of drug-likeness (QED) is 0.359. The van der Waals surface area contributed by atoms with Crippen molar-refractivity contribution in [2.24, 2.45) is 0 Å². The summed E-state index contributed by atoms with van der Waals surface area (Å²) in [5.74, 6) is -0.997. The minimum Gasteiger partial charge on any atom is -0.311 e. The minimum atomic E-state index is -0.763. The summed E-state index contributed by atoms with van der Waals surface area (Å²) in [7, 11) is 0. The third kappa shape index (κ3) is 3.94. The van der Waals surface area contributed by atoms with Crippen molar-refractivity contribution >= 4 is 29.2 Å². The topological polar surface area (TPSA) is 113 Å². The maximum absolute atomic E-state index is 12.7. The minimum absolute atomic E-state index is 0.0763. The van der Waals surface area contributed by atoms with Crippen LogP contribution in [0.1, 0.15) is 6.42 Å². The Morgan fingerprint density at radius 2 is 2.00 bits per heavy atom. The Morgan fingerprint density at radius 1 is 1.35 bits per heavy atom. The SMILES string of the molecule is C=CCN(C(=O)NC(=O)C=C)C1CCN(c2ccc([N+](=O)[O-])cc2)C1=O. The highest BCUT2D eigenvalue weighted by Gasteiger charge is 2.38. The molecule has 1 fully saturated rings. The van der Waals surface area contributed by atoms with Gasteiger partial charge in [-0.1, -0.05) is 12.7 Å². The van der Waals surface area contributed by atoms with Gasteiger partial charge in [0.25, 0.3) is 11.6 Å². The fourth-order valence-corrected chi connectivity index (χ4v) is 2.68. The van der Waals surface area contributed by atoms with Gasteiger partial charge in [-0.05, 0) is 24.6 Å². The third-order valence-corrected chi connectivity index (χ3v) is 3.93. The van der Waals surface area contributed by atoms with Gasteiger partial charge in [-0.3, -0.25) is 25.0 Å². The number of imide groups is 1. The number of hydrogen-bond acceptors (Lipinski definition) is 5. The summed E-state index contributed by atoms with van der Waals surface area (Å²) in [5, 5.41) is 12.9. The van der Waals surface area contributed by atoms with Crippen LogP contribution >= 0.6 is 0 Å². The van der Waals surface area contributed by atoms with Gasteiger partial charge in [-0.25, -0.2) is 4.79 Å². The second kappa shape index (κ2) is 8.06. The molecule has 136 valence electrons. The van der Waals surface area contributed by atoms with E-state index in [4.69, 9.17) is 0 Å². The van der Waals surface area contributed by atoms with E-state index < -0.39 is 22.9 Å². The van der Waals surface area contributed by atoms with E-state index in [1.807, 2.05) is 0 Å². The number of carbonyl (C=O) groups is 3. The van der Waals surface area contributed by atoms with Crippen LogP contribution in [-0.4, -0.2) is 46.8 Å². The van der Waals surface area contributed by atoms with Gasteiger partial charge < -0.3 is 9.80 Å². The molecule has 1 heterocycles. The zero-order valence-electron chi connectivity index (χ0n) is 14.0. The average molecular weight is 358 g/mol. The van der Waals surface area contributed by atoms with Gasteiger partial charge in [0.15, 0.2) is 0 Å². The van der Waals surface area contributed by atoms with Crippen molar-refractivity contribution in [1.82, 2.24) is 10.2 Å². The van der Waals surface area contributed by atoms with Gasteiger partial charge in [-0.2, -0.15) is 0 Å². The number of nitro groups is 1. The van der Waals surface area contributed by atoms with Crippen molar-refractivity contribution < 1.29 is 19.3 Å². The van der Waals surface area contributed by atoms with E-state index in [1.54, 1.807) is 0 Å². The van der Waals surface area contributed by atoms with Gasteiger partial charge in [0.1, 0.15) is 6.04 Å². The molecule has 1 N–H and O–H groups in total. The van der Waals surface area contributed by atoms with Gasteiger partial charge >= 0.3 is 6.03 Å². The van der Waals surface area contributed by atoms with Crippen molar-refractivity contribution in [3.63, 3.8) is 0 Å². The Balaban J connectivity index is 2.17. The highest BCUT2D eigenvalue weighted by molar-refractivity contribution is 6.04. The highest BCUT2D eigenvalue weighted by Crippen LogP contribution is 2.26. The Kier molecular flexibility index (Phi) is 5.84. The lowest BCUT2D eigenvalue weighted by Crippen LogP contribution is -2.50. The molecule has 1 aliphatic heterocycles. The fourth-order valence-electron chi connectivity index (χ4n) is 2.68. The molecule has 0 radical (unpaired) electrons. The highest BCUT2D eigenvalue weighted by atomic mass is 16.6. The standard InChI is InChI=1S/C17H18N4O5/c1-3-10-20(17(24)18-15(22)4-2)14-9-11-19(16(14)23)12-5-7-13(8-6-12)21(25)26/h3-8,14H,1-2,9-11H2,(H,18,22,24). The lowest BCUT2D eigenvalue weighted by molar-refractivity contribution is -0.384. The molecule has 26 heavy (non-hydrogen) atoms. The molecule has 0 spiro atoms. The average Bonchev–Trinajstić information content (AvgIpc) is 3.00. The Morgan fingerprint density at radius 3 is 2.54 bits per heavy atom. The van der Waals surface area contributed by atoms with Crippen molar-refractivity contribution in [1.29, 1.82) is 0 Å². The normalized spacial score (nSPS) is 16.1. The molecule has 1 atom stereocenters. The maximum Gasteiger partial charge on any atom is 0.325 e. The summed E-state index contributed by atoms with van der Waals surface area (Å²) < 4.78 is 0. The third-order valence-electron chi connectivity index (χ3n) is 3.93. The Bertz CT molecular complexity index is 759. The van der Waals surface area contributed by atoms with Crippen LogP contribution in [0, 0.1) is 10.1 Å². The number of hydrogen-bond donors (Lipinski definition) is 1. The lowest BCUT2D eigenvalue weighted by Gasteiger charge is -2.26. The molecule has 1 aromatic rings. The fraction of sp³-hybridized carbons (Fsp3) is 0.235. The predicted octanol–water partition coefficient (Wildman–Crippen LogP) is 1.61. The largest absolute Gasteiger partial charge is 0.325 e. The number of non-ortho nitro benzene ring substituents is 1. The number of rotatable bonds is 6. The van der Waals surface area contributed by atoms with E-state index in [1.165, 1.54) is 40.1 Å². The van der Waals surface area contributed by atoms with Crippen LogP contribution in [0.2, 0.25) is 0 Å². The van der Waals surface area contributed by atoms with Gasteiger partial charge in [0.05, 0.1) is 4.92 Å². The molecule has 0 bridgehead atoms. The molecule has 0 aliphatic carbocycles. The number of nitrogens with zero attached hydrogens (tertiary/aromatic N) is 3. The summed E-state index contributed by atoms with van der Waals surface area (Å²) in [6, 6.07) is 4.12. The smallest absolute Gasteiger partial charge is 0.311 e. The number of amides is 4. The first kappa shape index (κ1) is 18.8. The first-order valence-corrected chi connectivity index (χ1v) is 7.79. The van der Waals surface area contributed by atoms with Crippen molar-refractivity contribution in [3.05, 3.63) is 59.7 Å². The van der Waals surface area contributed by atoms with E-state index in [0.717, 1.165) is 6.08 Å². The molecular weight excluding hydrogens is 340 g/mol. The number of carbonyl (C=O) groups excluding carboxylic acids is 3. The number of benzene rings is 1. The van der Waals surface area contributed by atoms with Crippen molar-refractivity contribution in [2.45, 2.75) is 12.5 Å². The van der Waals surface area contributed by atoms with Crippen LogP contribution in [-0.2, 0) is 9.59 Å². The second-order valence-corrected chi connectivity index (χ2v) is 5.51. The molecule has 1 unspecified atom stereocenters. The van der Waals surface area contributed by atoms with Crippen molar-refractivity contribution in [2.75, 3.05) is 18.0 Å². The van der Waals surface area contributed by atoms with E-state index >= 15 is 0 Å². The van der Waals surface area contributed by atoms with Crippen LogP contribution in [0.3, 0.4) is 0 Å². The van der Waals surface area contributed by atoms with Crippen LogP contribution < -0.4 is 10.2 Å². The van der Waals surface area contributed by atoms with Crippen LogP contribution in [0.5, 0.6) is 0 Å².